The molecule has 0 spiro atoms. The summed E-state index contributed by atoms with van der Waals surface area (Å²) in [5.41, 5.74) is -0.693. The number of carbonyl (C=O) groups excluding carboxylic acids is 2. The molecule has 0 atom stereocenters. The third-order valence-electron chi connectivity index (χ3n) is 5.37. The normalized spacial score (nSPS) is 14.8. The molecule has 2 N–H and O–H groups in total. The number of pyridine rings is 3. The van der Waals surface area contributed by atoms with Crippen molar-refractivity contribution in [3.05, 3.63) is 82.7 Å². The highest BCUT2D eigenvalue weighted by Crippen LogP contribution is 2.40. The van der Waals surface area contributed by atoms with Crippen molar-refractivity contribution in [3.8, 4) is 0 Å². The van der Waals surface area contributed by atoms with Crippen molar-refractivity contribution in [2.45, 2.75) is 31.0 Å². The first-order valence-corrected chi connectivity index (χ1v) is 10.3. The number of carbonyl (C=O) groups is 2. The van der Waals surface area contributed by atoms with Crippen molar-refractivity contribution < 1.29 is 22.8 Å². The van der Waals surface area contributed by atoms with E-state index >= 15 is 0 Å². The maximum atomic E-state index is 12.8. The zero-order chi connectivity index (χ0) is 23.6. The Morgan fingerprint density at radius 3 is 2.30 bits per heavy atom. The van der Waals surface area contributed by atoms with E-state index < -0.39 is 23.3 Å². The highest BCUT2D eigenvalue weighted by Gasteiger charge is 2.41. The largest absolute Gasteiger partial charge is 0.433 e. The van der Waals surface area contributed by atoms with Crippen molar-refractivity contribution in [3.63, 3.8) is 0 Å². The number of hydrogen-bond donors (Lipinski definition) is 2. The lowest BCUT2D eigenvalue weighted by molar-refractivity contribution is -0.141. The van der Waals surface area contributed by atoms with Gasteiger partial charge in [-0.25, -0.2) is 4.98 Å². The lowest BCUT2D eigenvalue weighted by atomic mass is 9.74. The van der Waals surface area contributed by atoms with Gasteiger partial charge in [-0.15, -0.1) is 0 Å². The second-order valence-corrected chi connectivity index (χ2v) is 7.96. The molecule has 7 nitrogen and oxygen atoms in total. The number of halogens is 4. The molecule has 3 aromatic rings. The van der Waals surface area contributed by atoms with E-state index in [1.54, 1.807) is 18.2 Å². The van der Waals surface area contributed by atoms with Gasteiger partial charge in [0.2, 0.25) is 0 Å². The van der Waals surface area contributed by atoms with Crippen molar-refractivity contribution in [1.29, 1.82) is 0 Å². The topological polar surface area (TPSA) is 96.9 Å². The average Bonchev–Trinajstić information content (AvgIpc) is 2.77. The molecule has 0 bridgehead atoms. The lowest BCUT2D eigenvalue weighted by Crippen LogP contribution is -2.51. The number of rotatable bonds is 5. The molecule has 1 aliphatic rings. The van der Waals surface area contributed by atoms with Gasteiger partial charge in [-0.1, -0.05) is 11.6 Å². The predicted molar refractivity (Wildman–Crippen MR) is 114 cm³/mol. The van der Waals surface area contributed by atoms with E-state index in [-0.39, 0.29) is 16.6 Å². The zero-order valence-corrected chi connectivity index (χ0v) is 17.7. The fourth-order valence-corrected chi connectivity index (χ4v) is 3.57. The lowest BCUT2D eigenvalue weighted by Gasteiger charge is -2.42. The van der Waals surface area contributed by atoms with Crippen LogP contribution in [0.3, 0.4) is 0 Å². The molecule has 0 aliphatic heterocycles. The summed E-state index contributed by atoms with van der Waals surface area (Å²) in [5.74, 6) is -1.03. The van der Waals surface area contributed by atoms with Crippen LogP contribution in [-0.2, 0) is 11.7 Å². The third-order valence-corrected chi connectivity index (χ3v) is 5.60. The predicted octanol–water partition coefficient (Wildman–Crippen LogP) is 4.61. The van der Waals surface area contributed by atoms with Crippen LogP contribution in [0.15, 0.2) is 55.0 Å². The monoisotopic (exact) mass is 475 g/mol. The number of hydrogen-bond acceptors (Lipinski definition) is 5. The average molecular weight is 476 g/mol. The molecule has 2 amide bonds. The van der Waals surface area contributed by atoms with Crippen LogP contribution >= 0.6 is 11.6 Å². The van der Waals surface area contributed by atoms with Crippen LogP contribution in [0.5, 0.6) is 0 Å². The molecule has 0 saturated heterocycles. The van der Waals surface area contributed by atoms with E-state index in [1.807, 2.05) is 0 Å². The number of nitrogens with one attached hydrogen (secondary N) is 2. The molecule has 3 aromatic heterocycles. The summed E-state index contributed by atoms with van der Waals surface area (Å²) in [7, 11) is 0. The van der Waals surface area contributed by atoms with E-state index in [2.05, 4.69) is 25.6 Å². The van der Waals surface area contributed by atoms with Crippen molar-refractivity contribution in [2.24, 2.45) is 0 Å². The van der Waals surface area contributed by atoms with Crippen molar-refractivity contribution >= 4 is 29.1 Å². The van der Waals surface area contributed by atoms with E-state index in [0.29, 0.717) is 35.9 Å². The smallest absolute Gasteiger partial charge is 0.341 e. The quantitative estimate of drug-likeness (QED) is 0.525. The third kappa shape index (κ3) is 4.95. The summed E-state index contributed by atoms with van der Waals surface area (Å²) in [5, 5.41) is 5.80. The molecular formula is C22H17ClF3N5O2. The Kier molecular flexibility index (Phi) is 6.03. The number of aromatic nitrogens is 3. The van der Waals surface area contributed by atoms with Crippen LogP contribution in [0.2, 0.25) is 5.15 Å². The van der Waals surface area contributed by atoms with Crippen LogP contribution in [0.1, 0.15) is 51.4 Å². The number of nitrogens with zero attached hydrogens (tertiary/aromatic N) is 3. The molecule has 3 heterocycles. The molecule has 0 radical (unpaired) electrons. The summed E-state index contributed by atoms with van der Waals surface area (Å²) in [6, 6.07) is 8.23. The first kappa shape index (κ1) is 22.7. The Hall–Kier alpha value is -3.53. The minimum atomic E-state index is -4.65. The van der Waals surface area contributed by atoms with E-state index in [4.69, 9.17) is 11.6 Å². The summed E-state index contributed by atoms with van der Waals surface area (Å²) in [6.07, 6.45) is 1.35. The molecule has 1 aliphatic carbocycles. The van der Waals surface area contributed by atoms with E-state index in [9.17, 15) is 22.8 Å². The summed E-state index contributed by atoms with van der Waals surface area (Å²) < 4.78 is 38.5. The summed E-state index contributed by atoms with van der Waals surface area (Å²) >= 11 is 5.77. The maximum absolute atomic E-state index is 12.8. The van der Waals surface area contributed by atoms with Gasteiger partial charge in [0.15, 0.2) is 0 Å². The van der Waals surface area contributed by atoms with Crippen LogP contribution < -0.4 is 10.6 Å². The van der Waals surface area contributed by atoms with Crippen molar-refractivity contribution in [2.75, 3.05) is 5.32 Å². The van der Waals surface area contributed by atoms with Gasteiger partial charge in [0, 0.05) is 18.0 Å². The van der Waals surface area contributed by atoms with E-state index in [0.717, 1.165) is 12.6 Å². The maximum Gasteiger partial charge on any atom is 0.433 e. The van der Waals surface area contributed by atoms with Crippen LogP contribution in [0.25, 0.3) is 0 Å². The first-order valence-electron chi connectivity index (χ1n) is 9.91. The molecule has 33 heavy (non-hydrogen) atoms. The fraction of sp³-hybridized carbons (Fsp3) is 0.227. The molecule has 11 heteroatoms. The Morgan fingerprint density at radius 2 is 1.73 bits per heavy atom. The second kappa shape index (κ2) is 8.78. The van der Waals surface area contributed by atoms with Gasteiger partial charge in [0.1, 0.15) is 10.8 Å². The number of anilines is 1. The zero-order valence-electron chi connectivity index (χ0n) is 17.0. The number of amides is 2. The molecule has 0 aromatic carbocycles. The molecule has 0 unspecified atom stereocenters. The fourth-order valence-electron chi connectivity index (χ4n) is 3.46. The van der Waals surface area contributed by atoms with Crippen LogP contribution in [0.4, 0.5) is 18.9 Å². The Balaban J connectivity index is 1.46. The van der Waals surface area contributed by atoms with Gasteiger partial charge in [0.05, 0.1) is 28.7 Å². The van der Waals surface area contributed by atoms with Gasteiger partial charge in [0.25, 0.3) is 11.8 Å². The Bertz CT molecular complexity index is 1180. The molecule has 170 valence electrons. The van der Waals surface area contributed by atoms with Crippen molar-refractivity contribution in [1.82, 2.24) is 20.3 Å². The number of alkyl halides is 3. The minimum Gasteiger partial charge on any atom is -0.341 e. The highest BCUT2D eigenvalue weighted by atomic mass is 35.5. The minimum absolute atomic E-state index is 0.180. The molecular weight excluding hydrogens is 459 g/mol. The second-order valence-electron chi connectivity index (χ2n) is 7.57. The Morgan fingerprint density at radius 1 is 0.939 bits per heavy atom. The van der Waals surface area contributed by atoms with Gasteiger partial charge in [-0.3, -0.25) is 19.6 Å². The van der Waals surface area contributed by atoms with Gasteiger partial charge >= 0.3 is 6.18 Å². The highest BCUT2D eigenvalue weighted by molar-refractivity contribution is 6.29. The SMILES string of the molecule is O=C(Nc1ccc(C2(NC(=O)c3ccc(Cl)nc3)CCC2)nc1)c1ccnc(C(F)(F)F)c1. The van der Waals surface area contributed by atoms with Crippen LogP contribution in [0, 0.1) is 0 Å². The Labute approximate surface area is 191 Å². The van der Waals surface area contributed by atoms with Gasteiger partial charge in [-0.2, -0.15) is 13.2 Å². The molecule has 4 rings (SSSR count). The van der Waals surface area contributed by atoms with Gasteiger partial charge in [-0.05, 0) is 55.7 Å². The van der Waals surface area contributed by atoms with Crippen LogP contribution in [-0.4, -0.2) is 26.8 Å². The van der Waals surface area contributed by atoms with E-state index in [1.165, 1.54) is 24.5 Å². The van der Waals surface area contributed by atoms with Gasteiger partial charge < -0.3 is 10.6 Å². The standard InChI is InChI=1S/C22H17ClF3N5O2/c23-18-5-2-14(11-29-18)20(33)31-21(7-1-8-21)16-4-3-15(12-28-16)30-19(32)13-6-9-27-17(10-13)22(24,25)26/h2-6,9-12H,1,7-8H2,(H,30,32)(H,31,33). The summed E-state index contributed by atoms with van der Waals surface area (Å²) in [4.78, 5) is 36.5. The molecule has 1 fully saturated rings. The first-order chi connectivity index (χ1) is 15.7. The molecule has 1 saturated carbocycles. The summed E-state index contributed by atoms with van der Waals surface area (Å²) in [6.45, 7) is 0.